The fourth-order valence-corrected chi connectivity index (χ4v) is 2.78. The molecule has 1 heterocycles. The molecule has 0 saturated carbocycles. The van der Waals surface area contributed by atoms with E-state index in [-0.39, 0.29) is 5.91 Å². The summed E-state index contributed by atoms with van der Waals surface area (Å²) in [6.45, 7) is 14.4. The number of carbonyl (C=O) groups excluding carboxylic acids is 1. The smallest absolute Gasteiger partial charge is 0.245 e. The van der Waals surface area contributed by atoms with Crippen LogP contribution in [0, 0.1) is 17.3 Å². The van der Waals surface area contributed by atoms with Crippen molar-refractivity contribution in [2.45, 2.75) is 34.1 Å². The third-order valence-corrected chi connectivity index (χ3v) is 4.12. The van der Waals surface area contributed by atoms with Crippen LogP contribution < -0.4 is 0 Å². The first-order valence-corrected chi connectivity index (χ1v) is 5.85. The molecule has 2 nitrogen and oxygen atoms in total. The molecule has 1 aliphatic heterocycles. The maximum atomic E-state index is 11.6. The van der Waals surface area contributed by atoms with E-state index in [9.17, 15) is 4.79 Å². The molecule has 0 unspecified atom stereocenters. The highest BCUT2D eigenvalue weighted by Crippen LogP contribution is 2.44. The maximum absolute atomic E-state index is 11.6. The van der Waals surface area contributed by atoms with E-state index < -0.39 is 0 Å². The molecule has 2 heteroatoms. The average Bonchev–Trinajstić information content (AvgIpc) is 2.62. The van der Waals surface area contributed by atoms with Crippen LogP contribution in [0.25, 0.3) is 0 Å². The van der Waals surface area contributed by atoms with Gasteiger partial charge in [-0.15, -0.1) is 0 Å². The molecule has 15 heavy (non-hydrogen) atoms. The molecule has 0 aromatic rings. The molecule has 0 atom stereocenters. The Kier molecular flexibility index (Phi) is 3.58. The average molecular weight is 209 g/mol. The van der Waals surface area contributed by atoms with Crippen molar-refractivity contribution in [2.24, 2.45) is 17.3 Å². The second kappa shape index (κ2) is 4.38. The second-order valence-electron chi connectivity index (χ2n) is 5.26. The summed E-state index contributed by atoms with van der Waals surface area (Å²) in [6, 6.07) is 0. The highest BCUT2D eigenvalue weighted by Gasteiger charge is 2.43. The van der Waals surface area contributed by atoms with Crippen molar-refractivity contribution in [3.05, 3.63) is 12.7 Å². The molecule has 1 rings (SSSR count). The van der Waals surface area contributed by atoms with Crippen LogP contribution in [0.3, 0.4) is 0 Å². The maximum Gasteiger partial charge on any atom is 0.245 e. The lowest BCUT2D eigenvalue weighted by atomic mass is 9.68. The Bertz CT molecular complexity index is 247. The molecule has 1 amide bonds. The number of hydrogen-bond acceptors (Lipinski definition) is 1. The fraction of sp³-hybridized carbons (Fsp3) is 0.769. The second-order valence-corrected chi connectivity index (χ2v) is 5.26. The molecule has 0 N–H and O–H groups in total. The van der Waals surface area contributed by atoms with Gasteiger partial charge in [-0.1, -0.05) is 34.3 Å². The Hall–Kier alpha value is -0.790. The summed E-state index contributed by atoms with van der Waals surface area (Å²) in [6.07, 6.45) is 2.55. The first-order chi connectivity index (χ1) is 6.94. The lowest BCUT2D eigenvalue weighted by Crippen LogP contribution is -2.37. The van der Waals surface area contributed by atoms with Gasteiger partial charge in [0.15, 0.2) is 0 Å². The van der Waals surface area contributed by atoms with Crippen LogP contribution in [0.1, 0.15) is 34.1 Å². The van der Waals surface area contributed by atoms with Gasteiger partial charge in [-0.05, 0) is 29.7 Å². The van der Waals surface area contributed by atoms with Crippen LogP contribution >= 0.6 is 0 Å². The quantitative estimate of drug-likeness (QED) is 0.654. The minimum atomic E-state index is 0.0816. The van der Waals surface area contributed by atoms with Crippen molar-refractivity contribution in [3.8, 4) is 0 Å². The number of likely N-dealkylation sites (tertiary alicyclic amines) is 1. The minimum absolute atomic E-state index is 0.0816. The van der Waals surface area contributed by atoms with E-state index in [4.69, 9.17) is 0 Å². The van der Waals surface area contributed by atoms with Gasteiger partial charge in [0, 0.05) is 13.1 Å². The van der Waals surface area contributed by atoms with E-state index >= 15 is 0 Å². The highest BCUT2D eigenvalue weighted by atomic mass is 16.2. The topological polar surface area (TPSA) is 20.3 Å². The van der Waals surface area contributed by atoms with Gasteiger partial charge in [-0.2, -0.15) is 0 Å². The Labute approximate surface area is 93.3 Å². The largest absolute Gasteiger partial charge is 0.339 e. The third-order valence-electron chi connectivity index (χ3n) is 4.12. The van der Waals surface area contributed by atoms with Crippen molar-refractivity contribution in [1.82, 2.24) is 4.90 Å². The highest BCUT2D eigenvalue weighted by molar-refractivity contribution is 5.87. The summed E-state index contributed by atoms with van der Waals surface area (Å²) in [4.78, 5) is 13.5. The van der Waals surface area contributed by atoms with Gasteiger partial charge in [0.1, 0.15) is 0 Å². The summed E-state index contributed by atoms with van der Waals surface area (Å²) in [5, 5.41) is 0. The van der Waals surface area contributed by atoms with Gasteiger partial charge < -0.3 is 4.90 Å². The molecule has 0 aliphatic carbocycles. The van der Waals surface area contributed by atoms with E-state index in [0.717, 1.165) is 19.5 Å². The van der Waals surface area contributed by atoms with Crippen LogP contribution in [0.5, 0.6) is 0 Å². The number of amides is 1. The third kappa shape index (κ3) is 2.09. The molecule has 0 aromatic carbocycles. The predicted molar refractivity (Wildman–Crippen MR) is 63.5 cm³/mol. The first kappa shape index (κ1) is 12.3. The van der Waals surface area contributed by atoms with Crippen LogP contribution in [0.4, 0.5) is 0 Å². The minimum Gasteiger partial charge on any atom is -0.339 e. The molecule has 1 aliphatic rings. The molecule has 1 saturated heterocycles. The summed E-state index contributed by atoms with van der Waals surface area (Å²) in [5.74, 6) is 1.33. The van der Waals surface area contributed by atoms with Crippen molar-refractivity contribution < 1.29 is 4.79 Å². The van der Waals surface area contributed by atoms with Gasteiger partial charge in [-0.25, -0.2) is 0 Å². The molecule has 0 spiro atoms. The zero-order valence-electron chi connectivity index (χ0n) is 10.4. The Morgan fingerprint density at radius 2 is 1.87 bits per heavy atom. The SMILES string of the molecule is C=CC(=O)N1CCC(C(C)C)(C(C)C)C1. The van der Waals surface area contributed by atoms with E-state index in [0.29, 0.717) is 17.3 Å². The van der Waals surface area contributed by atoms with Gasteiger partial charge >= 0.3 is 0 Å². The molecular weight excluding hydrogens is 186 g/mol. The van der Waals surface area contributed by atoms with E-state index in [1.54, 1.807) is 0 Å². The number of rotatable bonds is 3. The van der Waals surface area contributed by atoms with Crippen molar-refractivity contribution in [1.29, 1.82) is 0 Å². The molecule has 86 valence electrons. The summed E-state index contributed by atoms with van der Waals surface area (Å²) >= 11 is 0. The molecule has 1 fully saturated rings. The number of nitrogens with zero attached hydrogens (tertiary/aromatic N) is 1. The van der Waals surface area contributed by atoms with Crippen molar-refractivity contribution >= 4 is 5.91 Å². The molecule has 0 radical (unpaired) electrons. The molecule has 0 bridgehead atoms. The van der Waals surface area contributed by atoms with Crippen molar-refractivity contribution in [2.75, 3.05) is 13.1 Å². The molecule has 0 aromatic heterocycles. The Balaban J connectivity index is 2.81. The Morgan fingerprint density at radius 3 is 2.20 bits per heavy atom. The monoisotopic (exact) mass is 209 g/mol. The van der Waals surface area contributed by atoms with Crippen molar-refractivity contribution in [3.63, 3.8) is 0 Å². The predicted octanol–water partition coefficient (Wildman–Crippen LogP) is 2.70. The number of carbonyl (C=O) groups is 1. The number of hydrogen-bond donors (Lipinski definition) is 0. The van der Waals surface area contributed by atoms with Crippen LogP contribution in [0.15, 0.2) is 12.7 Å². The zero-order valence-corrected chi connectivity index (χ0v) is 10.4. The molecular formula is C13H23NO. The lowest BCUT2D eigenvalue weighted by molar-refractivity contribution is -0.125. The fourth-order valence-electron chi connectivity index (χ4n) is 2.78. The zero-order chi connectivity index (χ0) is 11.6. The first-order valence-electron chi connectivity index (χ1n) is 5.85. The normalized spacial score (nSPS) is 20.0. The van der Waals surface area contributed by atoms with Gasteiger partial charge in [0.25, 0.3) is 0 Å². The lowest BCUT2D eigenvalue weighted by Gasteiger charge is -2.37. The van der Waals surface area contributed by atoms with Crippen LogP contribution in [0.2, 0.25) is 0 Å². The summed E-state index contributed by atoms with van der Waals surface area (Å²) < 4.78 is 0. The summed E-state index contributed by atoms with van der Waals surface area (Å²) in [7, 11) is 0. The van der Waals surface area contributed by atoms with Gasteiger partial charge in [0.05, 0.1) is 0 Å². The van der Waals surface area contributed by atoms with E-state index in [1.165, 1.54) is 6.08 Å². The van der Waals surface area contributed by atoms with Gasteiger partial charge in [-0.3, -0.25) is 4.79 Å². The van der Waals surface area contributed by atoms with E-state index in [1.807, 2.05) is 4.90 Å². The van der Waals surface area contributed by atoms with Crippen LogP contribution in [-0.2, 0) is 4.79 Å². The Morgan fingerprint density at radius 1 is 1.33 bits per heavy atom. The van der Waals surface area contributed by atoms with Gasteiger partial charge in [0.2, 0.25) is 5.91 Å². The standard InChI is InChI=1S/C13H23NO/c1-6-12(15)14-8-7-13(9-14,10(2)3)11(4)5/h6,10-11H,1,7-9H2,2-5H3. The summed E-state index contributed by atoms with van der Waals surface area (Å²) in [5.41, 5.74) is 0.304. The van der Waals surface area contributed by atoms with E-state index in [2.05, 4.69) is 34.3 Å². The van der Waals surface area contributed by atoms with Crippen LogP contribution in [-0.4, -0.2) is 23.9 Å².